The van der Waals surface area contributed by atoms with Gasteiger partial charge in [0.05, 0.1) is 12.2 Å². The zero-order chi connectivity index (χ0) is 24.0. The molecule has 2 aromatic carbocycles. The van der Waals surface area contributed by atoms with Gasteiger partial charge in [0.1, 0.15) is 11.8 Å². The number of esters is 1. The van der Waals surface area contributed by atoms with Gasteiger partial charge in [-0.05, 0) is 79.7 Å². The van der Waals surface area contributed by atoms with Crippen LogP contribution in [0.4, 0.5) is 0 Å². The Hall–Kier alpha value is -2.43. The van der Waals surface area contributed by atoms with E-state index in [9.17, 15) is 19.6 Å². The number of carbonyl (C=O) groups excluding carboxylic acids is 2. The minimum absolute atomic E-state index is 0.126. The number of aryl methyl sites for hydroxylation is 2. The molecule has 7 heteroatoms. The Bertz CT molecular complexity index is 948. The molecule has 0 aliphatic heterocycles. The van der Waals surface area contributed by atoms with E-state index in [-0.39, 0.29) is 23.8 Å². The smallest absolute Gasteiger partial charge is 0.328 e. The highest BCUT2D eigenvalue weighted by atomic mass is 31.1. The number of hydrogen-bond acceptors (Lipinski definition) is 5. The van der Waals surface area contributed by atoms with Crippen molar-refractivity contribution >= 4 is 20.0 Å². The van der Waals surface area contributed by atoms with E-state index in [4.69, 9.17) is 4.74 Å². The summed E-state index contributed by atoms with van der Waals surface area (Å²) < 4.78 is 5.06. The van der Waals surface area contributed by atoms with E-state index in [0.29, 0.717) is 12.6 Å². The van der Waals surface area contributed by atoms with E-state index in [1.165, 1.54) is 6.07 Å². The number of ether oxygens (including phenoxy) is 1. The van der Waals surface area contributed by atoms with Crippen LogP contribution in [-0.2, 0) is 22.1 Å². The molecule has 0 heterocycles. The molecule has 0 fully saturated rings. The van der Waals surface area contributed by atoms with E-state index >= 15 is 0 Å². The Morgan fingerprint density at radius 3 is 2.25 bits per heavy atom. The molecule has 2 unspecified atom stereocenters. The zero-order valence-corrected chi connectivity index (χ0v) is 20.6. The highest BCUT2D eigenvalue weighted by molar-refractivity contribution is 7.49. The first-order valence-electron chi connectivity index (χ1n) is 10.8. The molecular weight excluding hydrogens is 425 g/mol. The van der Waals surface area contributed by atoms with Crippen molar-refractivity contribution < 1.29 is 24.3 Å². The van der Waals surface area contributed by atoms with Crippen molar-refractivity contribution in [2.24, 2.45) is 5.92 Å². The molecule has 2 aromatic rings. The topological polar surface area (TPSA) is 95.9 Å². The van der Waals surface area contributed by atoms with Crippen LogP contribution in [0.3, 0.4) is 0 Å². The van der Waals surface area contributed by atoms with Crippen molar-refractivity contribution in [1.82, 2.24) is 5.32 Å². The molecule has 0 saturated heterocycles. The highest BCUT2D eigenvalue weighted by Crippen LogP contribution is 2.32. The van der Waals surface area contributed by atoms with Gasteiger partial charge in [-0.1, -0.05) is 32.0 Å². The number of amides is 1. The van der Waals surface area contributed by atoms with Gasteiger partial charge in [0.2, 0.25) is 0 Å². The van der Waals surface area contributed by atoms with Crippen LogP contribution in [0.5, 0.6) is 5.75 Å². The third-order valence-corrected chi connectivity index (χ3v) is 6.17. The van der Waals surface area contributed by atoms with Gasteiger partial charge in [0.25, 0.3) is 5.91 Å². The van der Waals surface area contributed by atoms with Gasteiger partial charge in [-0.25, -0.2) is 4.79 Å². The maximum Gasteiger partial charge on any atom is 0.328 e. The Balaban J connectivity index is 2.27. The number of carbonyl (C=O) groups is 2. The second-order valence-corrected chi connectivity index (χ2v) is 10.1. The largest absolute Gasteiger partial charge is 0.507 e. The standard InChI is InChI=1S/C25H34NO5P/c1-7-31-25(29)23(15(2)3)26-24(28)21-13-18(8-9-22(21)27)12-20-16(4)10-19(11-17(20)5)14-32(6)30/h8-11,13,15,23,27,30H,7,12,14H2,1-6H3,(H,26,28). The summed E-state index contributed by atoms with van der Waals surface area (Å²) in [4.78, 5) is 34.8. The van der Waals surface area contributed by atoms with Crippen LogP contribution in [0, 0.1) is 19.8 Å². The fourth-order valence-electron chi connectivity index (χ4n) is 3.75. The third-order valence-electron chi connectivity index (χ3n) is 5.35. The molecule has 0 aliphatic rings. The lowest BCUT2D eigenvalue weighted by molar-refractivity contribution is -0.146. The summed E-state index contributed by atoms with van der Waals surface area (Å²) in [7, 11) is -0.999. The molecule has 2 atom stereocenters. The van der Waals surface area contributed by atoms with Gasteiger partial charge in [-0.15, -0.1) is 0 Å². The van der Waals surface area contributed by atoms with E-state index in [1.54, 1.807) is 19.1 Å². The van der Waals surface area contributed by atoms with Gasteiger partial charge in [0.15, 0.2) is 0 Å². The number of nitrogens with one attached hydrogen (secondary N) is 1. The van der Waals surface area contributed by atoms with Crippen molar-refractivity contribution in [3.8, 4) is 5.75 Å². The first-order chi connectivity index (χ1) is 15.0. The Morgan fingerprint density at radius 2 is 1.72 bits per heavy atom. The second kappa shape index (κ2) is 11.4. The molecule has 32 heavy (non-hydrogen) atoms. The van der Waals surface area contributed by atoms with Gasteiger partial charge in [0, 0.05) is 14.3 Å². The van der Waals surface area contributed by atoms with Gasteiger partial charge >= 0.3 is 5.97 Å². The summed E-state index contributed by atoms with van der Waals surface area (Å²) in [5.74, 6) is -1.30. The predicted octanol–water partition coefficient (Wildman–Crippen LogP) is 4.44. The SMILES string of the molecule is CCOC(=O)C(NC(=O)c1cc(Cc2c(C)cc(CP(C)O)cc2C)ccc1O)C(C)C. The number of aromatic hydroxyl groups is 1. The first kappa shape index (κ1) is 25.8. The van der Waals surface area contributed by atoms with Crippen molar-refractivity contribution in [2.75, 3.05) is 13.3 Å². The normalized spacial score (nSPS) is 13.0. The summed E-state index contributed by atoms with van der Waals surface area (Å²) in [6, 6.07) is 8.37. The summed E-state index contributed by atoms with van der Waals surface area (Å²) >= 11 is 0. The van der Waals surface area contributed by atoms with Gasteiger partial charge in [-0.3, -0.25) is 4.79 Å². The zero-order valence-electron chi connectivity index (χ0n) is 19.7. The highest BCUT2D eigenvalue weighted by Gasteiger charge is 2.27. The Kier molecular flexibility index (Phi) is 9.23. The number of phenolic OH excluding ortho intramolecular Hbond substituents is 1. The molecule has 0 spiro atoms. The summed E-state index contributed by atoms with van der Waals surface area (Å²) in [5.41, 5.74) is 5.52. The van der Waals surface area contributed by atoms with Crippen LogP contribution < -0.4 is 5.32 Å². The lowest BCUT2D eigenvalue weighted by Crippen LogP contribution is -2.45. The molecule has 6 nitrogen and oxygen atoms in total. The monoisotopic (exact) mass is 459 g/mol. The van der Waals surface area contributed by atoms with Crippen LogP contribution in [0.2, 0.25) is 0 Å². The molecule has 0 saturated carbocycles. The lowest BCUT2D eigenvalue weighted by atomic mass is 9.93. The average Bonchev–Trinajstić information content (AvgIpc) is 2.69. The maximum atomic E-state index is 12.9. The van der Waals surface area contributed by atoms with E-state index in [0.717, 1.165) is 27.8 Å². The number of benzene rings is 2. The molecule has 1 amide bonds. The van der Waals surface area contributed by atoms with Crippen LogP contribution in [-0.4, -0.2) is 41.2 Å². The average molecular weight is 460 g/mol. The molecule has 0 radical (unpaired) electrons. The number of hydrogen-bond donors (Lipinski definition) is 3. The second-order valence-electron chi connectivity index (χ2n) is 8.50. The molecule has 2 rings (SSSR count). The Morgan fingerprint density at radius 1 is 1.09 bits per heavy atom. The summed E-state index contributed by atoms with van der Waals surface area (Å²) in [5, 5.41) is 13.0. The summed E-state index contributed by atoms with van der Waals surface area (Å²) in [6.45, 7) is 11.5. The number of rotatable bonds is 9. The molecule has 0 bridgehead atoms. The molecule has 3 N–H and O–H groups in total. The fourth-order valence-corrected chi connectivity index (χ4v) is 4.46. The first-order valence-corrected chi connectivity index (χ1v) is 12.7. The molecule has 0 aliphatic carbocycles. The van der Waals surface area contributed by atoms with Crippen LogP contribution in [0.15, 0.2) is 30.3 Å². The molecular formula is C25H34NO5P. The minimum Gasteiger partial charge on any atom is -0.507 e. The van der Waals surface area contributed by atoms with E-state index < -0.39 is 26.1 Å². The van der Waals surface area contributed by atoms with Crippen molar-refractivity contribution in [2.45, 2.75) is 53.2 Å². The van der Waals surface area contributed by atoms with Crippen LogP contribution >= 0.6 is 8.15 Å². The lowest BCUT2D eigenvalue weighted by Gasteiger charge is -2.21. The van der Waals surface area contributed by atoms with Crippen LogP contribution in [0.25, 0.3) is 0 Å². The van der Waals surface area contributed by atoms with Crippen molar-refractivity contribution in [3.63, 3.8) is 0 Å². The van der Waals surface area contributed by atoms with Gasteiger partial charge in [-0.2, -0.15) is 0 Å². The van der Waals surface area contributed by atoms with Gasteiger partial charge < -0.3 is 20.1 Å². The predicted molar refractivity (Wildman–Crippen MR) is 128 cm³/mol. The minimum atomic E-state index is -0.999. The Labute approximate surface area is 191 Å². The fraction of sp³-hybridized carbons (Fsp3) is 0.440. The van der Waals surface area contributed by atoms with Crippen molar-refractivity contribution in [3.05, 3.63) is 63.7 Å². The summed E-state index contributed by atoms with van der Waals surface area (Å²) in [6.07, 6.45) is 1.27. The molecule has 174 valence electrons. The quantitative estimate of drug-likeness (QED) is 0.381. The van der Waals surface area contributed by atoms with E-state index in [1.807, 2.05) is 34.4 Å². The van der Waals surface area contributed by atoms with E-state index in [2.05, 4.69) is 17.4 Å². The maximum absolute atomic E-state index is 12.9. The third kappa shape index (κ3) is 6.78. The van der Waals surface area contributed by atoms with Crippen molar-refractivity contribution in [1.29, 1.82) is 0 Å². The van der Waals surface area contributed by atoms with Crippen LogP contribution in [0.1, 0.15) is 58.9 Å². The number of phenols is 1. The molecule has 0 aromatic heterocycles.